The lowest BCUT2D eigenvalue weighted by Gasteiger charge is -2.25. The van der Waals surface area contributed by atoms with E-state index in [1.54, 1.807) is 11.7 Å². The fourth-order valence-electron chi connectivity index (χ4n) is 4.80. The maximum atomic E-state index is 13.6. The molecule has 0 bridgehead atoms. The second-order valence-corrected chi connectivity index (χ2v) is 9.03. The van der Waals surface area contributed by atoms with Crippen molar-refractivity contribution < 1.29 is 9.53 Å². The number of benzene rings is 1. The Labute approximate surface area is 179 Å². The first kappa shape index (κ1) is 21.0. The molecule has 2 aromatic rings. The van der Waals surface area contributed by atoms with Gasteiger partial charge in [-0.2, -0.15) is 0 Å². The van der Waals surface area contributed by atoms with Crippen LogP contribution in [0.15, 0.2) is 29.1 Å². The minimum atomic E-state index is -0.00104. The van der Waals surface area contributed by atoms with E-state index in [0.717, 1.165) is 48.8 Å². The van der Waals surface area contributed by atoms with Gasteiger partial charge in [-0.25, -0.2) is 0 Å². The van der Waals surface area contributed by atoms with Gasteiger partial charge in [-0.1, -0.05) is 26.2 Å². The summed E-state index contributed by atoms with van der Waals surface area (Å²) in [5, 5.41) is 1.01. The van der Waals surface area contributed by atoms with E-state index in [1.807, 2.05) is 23.1 Å². The van der Waals surface area contributed by atoms with Crippen LogP contribution < -0.4 is 10.3 Å². The predicted molar refractivity (Wildman–Crippen MR) is 120 cm³/mol. The molecule has 162 valence electrons. The molecule has 2 aliphatic rings. The fourth-order valence-corrected chi connectivity index (χ4v) is 4.80. The summed E-state index contributed by atoms with van der Waals surface area (Å²) in [5.74, 6) is 1.70. The Morgan fingerprint density at radius 1 is 1.13 bits per heavy atom. The Morgan fingerprint density at radius 2 is 1.90 bits per heavy atom. The maximum Gasteiger partial charge on any atom is 0.255 e. The van der Waals surface area contributed by atoms with E-state index < -0.39 is 0 Å². The number of carbonyl (C=O) groups is 1. The number of rotatable bonds is 8. The number of aromatic nitrogens is 1. The fraction of sp³-hybridized carbons (Fsp3) is 0.600. The zero-order chi connectivity index (χ0) is 21.1. The quantitative estimate of drug-likeness (QED) is 0.633. The van der Waals surface area contributed by atoms with Crippen LogP contribution >= 0.6 is 0 Å². The van der Waals surface area contributed by atoms with Gasteiger partial charge >= 0.3 is 0 Å². The molecule has 0 saturated heterocycles. The van der Waals surface area contributed by atoms with Gasteiger partial charge in [-0.3, -0.25) is 14.2 Å². The van der Waals surface area contributed by atoms with Gasteiger partial charge in [0.15, 0.2) is 0 Å². The molecule has 0 spiro atoms. The van der Waals surface area contributed by atoms with E-state index in [-0.39, 0.29) is 18.0 Å². The third-order valence-corrected chi connectivity index (χ3v) is 6.69. The van der Waals surface area contributed by atoms with Crippen LogP contribution in [0.2, 0.25) is 0 Å². The third-order valence-electron chi connectivity index (χ3n) is 6.69. The first-order valence-electron chi connectivity index (χ1n) is 11.6. The average Bonchev–Trinajstić information content (AvgIpc) is 3.59. The lowest BCUT2D eigenvalue weighted by molar-refractivity contribution is -0.132. The molecule has 1 amide bonds. The van der Waals surface area contributed by atoms with Crippen LogP contribution in [0.25, 0.3) is 10.9 Å². The molecular weight excluding hydrogens is 376 g/mol. The predicted octanol–water partition coefficient (Wildman–Crippen LogP) is 4.71. The number of amides is 1. The molecule has 1 aromatic heterocycles. The molecule has 0 atom stereocenters. The van der Waals surface area contributed by atoms with E-state index in [4.69, 9.17) is 4.74 Å². The molecule has 2 saturated carbocycles. The summed E-state index contributed by atoms with van der Waals surface area (Å²) < 4.78 is 7.11. The Morgan fingerprint density at radius 3 is 2.57 bits per heavy atom. The van der Waals surface area contributed by atoms with Crippen molar-refractivity contribution >= 4 is 16.8 Å². The lowest BCUT2D eigenvalue weighted by atomic mass is 9.84. The standard InChI is InChI=1S/C25H34N2O3/c1-3-13-26(16-18-9-10-18)24(28)17-27-23-15-21(30-2)12-11-20(23)14-22(25(27)29)19-7-5-4-6-8-19/h11-12,14-15,18-19H,3-10,13,16-17H2,1-2H3. The van der Waals surface area contributed by atoms with Crippen molar-refractivity contribution in [1.82, 2.24) is 9.47 Å². The van der Waals surface area contributed by atoms with Crippen molar-refractivity contribution in [3.63, 3.8) is 0 Å². The highest BCUT2D eigenvalue weighted by molar-refractivity contribution is 5.84. The van der Waals surface area contributed by atoms with Gasteiger partial charge in [0.25, 0.3) is 5.56 Å². The van der Waals surface area contributed by atoms with Crippen molar-refractivity contribution in [3.8, 4) is 5.75 Å². The van der Waals surface area contributed by atoms with Gasteiger partial charge in [0.1, 0.15) is 12.3 Å². The van der Waals surface area contributed by atoms with Crippen LogP contribution in [0.5, 0.6) is 5.75 Å². The highest BCUT2D eigenvalue weighted by atomic mass is 16.5. The summed E-state index contributed by atoms with van der Waals surface area (Å²) in [6, 6.07) is 7.89. The maximum absolute atomic E-state index is 13.6. The number of ether oxygens (including phenoxy) is 1. The van der Waals surface area contributed by atoms with E-state index in [2.05, 4.69) is 13.0 Å². The average molecular weight is 411 g/mol. The normalized spacial score (nSPS) is 17.3. The molecule has 1 aromatic carbocycles. The highest BCUT2D eigenvalue weighted by Gasteiger charge is 2.27. The molecule has 30 heavy (non-hydrogen) atoms. The van der Waals surface area contributed by atoms with Gasteiger partial charge in [0.05, 0.1) is 12.6 Å². The summed E-state index contributed by atoms with van der Waals surface area (Å²) in [6.07, 6.45) is 9.09. The summed E-state index contributed by atoms with van der Waals surface area (Å²) in [4.78, 5) is 28.8. The van der Waals surface area contributed by atoms with Gasteiger partial charge in [0.2, 0.25) is 5.91 Å². The number of methoxy groups -OCH3 is 1. The van der Waals surface area contributed by atoms with E-state index >= 15 is 0 Å². The Hall–Kier alpha value is -2.30. The second kappa shape index (κ2) is 9.23. The summed E-state index contributed by atoms with van der Waals surface area (Å²) >= 11 is 0. The molecule has 2 fully saturated rings. The van der Waals surface area contributed by atoms with E-state index in [0.29, 0.717) is 17.6 Å². The largest absolute Gasteiger partial charge is 0.497 e. The zero-order valence-corrected chi connectivity index (χ0v) is 18.4. The van der Waals surface area contributed by atoms with Gasteiger partial charge in [0, 0.05) is 24.7 Å². The van der Waals surface area contributed by atoms with Crippen molar-refractivity contribution in [2.75, 3.05) is 20.2 Å². The number of hydrogen-bond donors (Lipinski definition) is 0. The molecule has 0 unspecified atom stereocenters. The van der Waals surface area contributed by atoms with Crippen molar-refractivity contribution in [2.45, 2.75) is 70.8 Å². The number of hydrogen-bond acceptors (Lipinski definition) is 3. The number of nitrogens with zero attached hydrogens (tertiary/aromatic N) is 2. The SMILES string of the molecule is CCCN(CC1CC1)C(=O)Cn1c(=O)c(C2CCCCC2)cc2ccc(OC)cc21. The molecule has 1 heterocycles. The first-order valence-corrected chi connectivity index (χ1v) is 11.6. The molecule has 5 heteroatoms. The van der Waals surface area contributed by atoms with Crippen LogP contribution in [-0.4, -0.2) is 35.6 Å². The second-order valence-electron chi connectivity index (χ2n) is 9.03. The summed E-state index contributed by atoms with van der Waals surface area (Å²) in [5.41, 5.74) is 1.67. The van der Waals surface area contributed by atoms with Gasteiger partial charge in [-0.05, 0) is 67.5 Å². The zero-order valence-electron chi connectivity index (χ0n) is 18.4. The molecular formula is C25H34N2O3. The van der Waals surface area contributed by atoms with Crippen molar-refractivity contribution in [3.05, 3.63) is 40.2 Å². The number of fused-ring (bicyclic) bond motifs is 1. The smallest absolute Gasteiger partial charge is 0.255 e. The molecule has 0 radical (unpaired) electrons. The van der Waals surface area contributed by atoms with Crippen molar-refractivity contribution in [2.24, 2.45) is 5.92 Å². The first-order chi connectivity index (χ1) is 14.6. The summed E-state index contributed by atoms with van der Waals surface area (Å²) in [7, 11) is 1.63. The summed E-state index contributed by atoms with van der Waals surface area (Å²) in [6.45, 7) is 3.79. The molecule has 5 nitrogen and oxygen atoms in total. The van der Waals surface area contributed by atoms with Crippen LogP contribution in [0, 0.1) is 5.92 Å². The number of pyridine rings is 1. The highest BCUT2D eigenvalue weighted by Crippen LogP contribution is 2.33. The number of carbonyl (C=O) groups excluding carboxylic acids is 1. The van der Waals surface area contributed by atoms with Crippen LogP contribution in [0.4, 0.5) is 0 Å². The topological polar surface area (TPSA) is 51.5 Å². The molecule has 2 aliphatic carbocycles. The van der Waals surface area contributed by atoms with Crippen LogP contribution in [0.1, 0.15) is 69.8 Å². The Kier molecular flexibility index (Phi) is 6.45. The van der Waals surface area contributed by atoms with Crippen molar-refractivity contribution in [1.29, 1.82) is 0 Å². The van der Waals surface area contributed by atoms with Gasteiger partial charge in [-0.15, -0.1) is 0 Å². The third kappa shape index (κ3) is 4.55. The van der Waals surface area contributed by atoms with E-state index in [9.17, 15) is 9.59 Å². The molecule has 0 N–H and O–H groups in total. The minimum absolute atomic E-state index is 0.00104. The molecule has 0 aliphatic heterocycles. The lowest BCUT2D eigenvalue weighted by Crippen LogP contribution is -2.39. The van der Waals surface area contributed by atoms with Crippen LogP contribution in [-0.2, 0) is 11.3 Å². The Bertz CT molecular complexity index is 955. The Balaban J connectivity index is 1.73. The van der Waals surface area contributed by atoms with Crippen LogP contribution in [0.3, 0.4) is 0 Å². The van der Waals surface area contributed by atoms with E-state index in [1.165, 1.54) is 32.1 Å². The monoisotopic (exact) mass is 410 g/mol. The molecule has 4 rings (SSSR count). The van der Waals surface area contributed by atoms with Gasteiger partial charge < -0.3 is 9.64 Å². The minimum Gasteiger partial charge on any atom is -0.497 e.